The van der Waals surface area contributed by atoms with E-state index < -0.39 is 0 Å². The molecule has 0 atom stereocenters. The number of nitrogens with zero attached hydrogens (tertiary/aromatic N) is 1. The smallest absolute Gasteiger partial charge is 0.221 e. The van der Waals surface area contributed by atoms with Crippen molar-refractivity contribution in [3.63, 3.8) is 0 Å². The van der Waals surface area contributed by atoms with Gasteiger partial charge in [0.25, 0.3) is 0 Å². The third-order valence-corrected chi connectivity index (χ3v) is 2.41. The summed E-state index contributed by atoms with van der Waals surface area (Å²) in [6.45, 7) is 4.43. The summed E-state index contributed by atoms with van der Waals surface area (Å²) in [5.41, 5.74) is 1.22. The lowest BCUT2D eigenvalue weighted by molar-refractivity contribution is -0.120. The molecule has 0 aliphatic heterocycles. The molecule has 0 aromatic carbocycles. The molecule has 4 heteroatoms. The number of amides is 1. The van der Waals surface area contributed by atoms with Crippen molar-refractivity contribution in [2.24, 2.45) is 0 Å². The number of pyridine rings is 1. The summed E-state index contributed by atoms with van der Waals surface area (Å²) in [5.74, 6) is 0.126. The van der Waals surface area contributed by atoms with Gasteiger partial charge in [-0.25, -0.2) is 0 Å². The minimum absolute atomic E-state index is 0.126. The van der Waals surface area contributed by atoms with Gasteiger partial charge in [-0.15, -0.1) is 0 Å². The van der Waals surface area contributed by atoms with E-state index in [4.69, 9.17) is 0 Å². The molecule has 1 rings (SSSR count). The van der Waals surface area contributed by atoms with Crippen LogP contribution in [-0.4, -0.2) is 30.5 Å². The van der Waals surface area contributed by atoms with Gasteiger partial charge in [-0.05, 0) is 31.0 Å². The van der Waals surface area contributed by atoms with Crippen molar-refractivity contribution in [1.29, 1.82) is 0 Å². The average molecular weight is 235 g/mol. The van der Waals surface area contributed by atoms with Crippen LogP contribution in [0.15, 0.2) is 24.5 Å². The molecular weight excluding hydrogens is 214 g/mol. The predicted octanol–water partition coefficient (Wildman–Crippen LogP) is 1.13. The highest BCUT2D eigenvalue weighted by Gasteiger charge is 1.98. The predicted molar refractivity (Wildman–Crippen MR) is 68.7 cm³/mol. The molecule has 0 unspecified atom stereocenters. The molecule has 0 bridgehead atoms. The minimum Gasteiger partial charge on any atom is -0.356 e. The van der Waals surface area contributed by atoms with E-state index in [-0.39, 0.29) is 5.91 Å². The van der Waals surface area contributed by atoms with Crippen LogP contribution in [0.25, 0.3) is 0 Å². The second kappa shape index (κ2) is 8.70. The summed E-state index contributed by atoms with van der Waals surface area (Å²) in [7, 11) is 0. The van der Waals surface area contributed by atoms with E-state index in [1.165, 1.54) is 5.56 Å². The standard InChI is InChI=1S/C13H21N3O/c1-2-7-16-13(17)6-10-14-9-5-12-4-3-8-15-11-12/h3-4,8,11,14H,2,5-7,9-10H2,1H3,(H,16,17). The Labute approximate surface area is 103 Å². The summed E-state index contributed by atoms with van der Waals surface area (Å²) >= 11 is 0. The van der Waals surface area contributed by atoms with Crippen LogP contribution in [0.5, 0.6) is 0 Å². The monoisotopic (exact) mass is 235 g/mol. The Kier molecular flexibility index (Phi) is 6.98. The zero-order valence-electron chi connectivity index (χ0n) is 10.4. The summed E-state index contributed by atoms with van der Waals surface area (Å²) in [6.07, 6.45) is 6.13. The quantitative estimate of drug-likeness (QED) is 0.664. The lowest BCUT2D eigenvalue weighted by Gasteiger charge is -2.05. The molecule has 1 aromatic heterocycles. The van der Waals surface area contributed by atoms with Gasteiger partial charge in [0, 0.05) is 31.9 Å². The topological polar surface area (TPSA) is 54.0 Å². The van der Waals surface area contributed by atoms with Gasteiger partial charge < -0.3 is 10.6 Å². The second-order valence-electron chi connectivity index (χ2n) is 3.96. The Morgan fingerprint density at radius 1 is 1.35 bits per heavy atom. The number of carbonyl (C=O) groups excluding carboxylic acids is 1. The number of hydrogen-bond acceptors (Lipinski definition) is 3. The zero-order valence-corrected chi connectivity index (χ0v) is 10.4. The Bertz CT molecular complexity index is 314. The first-order chi connectivity index (χ1) is 8.33. The largest absolute Gasteiger partial charge is 0.356 e. The van der Waals surface area contributed by atoms with E-state index in [0.29, 0.717) is 6.42 Å². The SMILES string of the molecule is CCCNC(=O)CCNCCc1cccnc1. The van der Waals surface area contributed by atoms with Crippen LogP contribution in [0.1, 0.15) is 25.3 Å². The molecule has 0 aliphatic rings. The van der Waals surface area contributed by atoms with Crippen LogP contribution >= 0.6 is 0 Å². The van der Waals surface area contributed by atoms with Crippen LogP contribution in [0.4, 0.5) is 0 Å². The molecule has 0 radical (unpaired) electrons. The van der Waals surface area contributed by atoms with Crippen LogP contribution < -0.4 is 10.6 Å². The van der Waals surface area contributed by atoms with E-state index in [0.717, 1.165) is 32.5 Å². The summed E-state index contributed by atoms with van der Waals surface area (Å²) in [4.78, 5) is 15.3. The summed E-state index contributed by atoms with van der Waals surface area (Å²) in [6, 6.07) is 4.00. The fraction of sp³-hybridized carbons (Fsp3) is 0.538. The molecule has 1 aromatic rings. The summed E-state index contributed by atoms with van der Waals surface area (Å²) in [5, 5.41) is 6.10. The van der Waals surface area contributed by atoms with Crippen molar-refractivity contribution in [3.05, 3.63) is 30.1 Å². The van der Waals surface area contributed by atoms with Crippen molar-refractivity contribution in [2.75, 3.05) is 19.6 Å². The van der Waals surface area contributed by atoms with Gasteiger partial charge in [0.05, 0.1) is 0 Å². The van der Waals surface area contributed by atoms with E-state index in [1.807, 2.05) is 19.2 Å². The van der Waals surface area contributed by atoms with Crippen molar-refractivity contribution < 1.29 is 4.79 Å². The van der Waals surface area contributed by atoms with Crippen molar-refractivity contribution in [2.45, 2.75) is 26.2 Å². The molecule has 1 heterocycles. The first kappa shape index (κ1) is 13.6. The molecule has 17 heavy (non-hydrogen) atoms. The first-order valence-electron chi connectivity index (χ1n) is 6.19. The first-order valence-corrected chi connectivity index (χ1v) is 6.19. The van der Waals surface area contributed by atoms with Crippen LogP contribution in [-0.2, 0) is 11.2 Å². The molecular formula is C13H21N3O. The van der Waals surface area contributed by atoms with Crippen LogP contribution in [0, 0.1) is 0 Å². The highest BCUT2D eigenvalue weighted by atomic mass is 16.1. The minimum atomic E-state index is 0.126. The lowest BCUT2D eigenvalue weighted by Crippen LogP contribution is -2.28. The highest BCUT2D eigenvalue weighted by Crippen LogP contribution is 1.95. The number of carbonyl (C=O) groups is 1. The molecule has 94 valence electrons. The maximum absolute atomic E-state index is 11.3. The van der Waals surface area contributed by atoms with Gasteiger partial charge in [-0.1, -0.05) is 13.0 Å². The van der Waals surface area contributed by atoms with E-state index in [2.05, 4.69) is 21.7 Å². The van der Waals surface area contributed by atoms with Gasteiger partial charge >= 0.3 is 0 Å². The fourth-order valence-corrected chi connectivity index (χ4v) is 1.46. The maximum atomic E-state index is 11.3. The van der Waals surface area contributed by atoms with Crippen molar-refractivity contribution in [3.8, 4) is 0 Å². The second-order valence-corrected chi connectivity index (χ2v) is 3.96. The molecule has 1 amide bonds. The van der Waals surface area contributed by atoms with E-state index >= 15 is 0 Å². The average Bonchev–Trinajstić information content (AvgIpc) is 2.37. The fourth-order valence-electron chi connectivity index (χ4n) is 1.46. The van der Waals surface area contributed by atoms with Gasteiger partial charge in [0.15, 0.2) is 0 Å². The number of rotatable bonds is 8. The molecule has 4 nitrogen and oxygen atoms in total. The Morgan fingerprint density at radius 3 is 2.94 bits per heavy atom. The molecule has 0 fully saturated rings. The van der Waals surface area contributed by atoms with Gasteiger partial charge in [0.2, 0.25) is 5.91 Å². The van der Waals surface area contributed by atoms with Crippen LogP contribution in [0.2, 0.25) is 0 Å². The van der Waals surface area contributed by atoms with E-state index in [9.17, 15) is 4.79 Å². The normalized spacial score (nSPS) is 10.2. The molecule has 2 N–H and O–H groups in total. The Balaban J connectivity index is 1.99. The maximum Gasteiger partial charge on any atom is 0.221 e. The van der Waals surface area contributed by atoms with Gasteiger partial charge in [-0.3, -0.25) is 9.78 Å². The van der Waals surface area contributed by atoms with Gasteiger partial charge in [-0.2, -0.15) is 0 Å². The highest BCUT2D eigenvalue weighted by molar-refractivity contribution is 5.75. The van der Waals surface area contributed by atoms with Crippen molar-refractivity contribution >= 4 is 5.91 Å². The number of aromatic nitrogens is 1. The number of hydrogen-bond donors (Lipinski definition) is 2. The van der Waals surface area contributed by atoms with Crippen molar-refractivity contribution in [1.82, 2.24) is 15.6 Å². The molecule has 0 saturated carbocycles. The molecule has 0 saturated heterocycles. The number of nitrogens with one attached hydrogen (secondary N) is 2. The molecule has 0 spiro atoms. The van der Waals surface area contributed by atoms with Crippen LogP contribution in [0.3, 0.4) is 0 Å². The van der Waals surface area contributed by atoms with Gasteiger partial charge in [0.1, 0.15) is 0 Å². The lowest BCUT2D eigenvalue weighted by atomic mass is 10.2. The van der Waals surface area contributed by atoms with E-state index in [1.54, 1.807) is 6.20 Å². The molecule has 0 aliphatic carbocycles. The summed E-state index contributed by atoms with van der Waals surface area (Å²) < 4.78 is 0. The zero-order chi connectivity index (χ0) is 12.3. The Morgan fingerprint density at radius 2 is 2.24 bits per heavy atom. The third-order valence-electron chi connectivity index (χ3n) is 2.41. The Hall–Kier alpha value is -1.42. The third kappa shape index (κ3) is 6.68.